The molecular formula is C56H73N13O15S. The number of urea groups is 1. The molecule has 3 aliphatic heterocycles. The Bertz CT molecular complexity index is 3040. The van der Waals surface area contributed by atoms with Gasteiger partial charge >= 0.3 is 6.03 Å². The second-order valence-corrected chi connectivity index (χ2v) is 22.0. The number of nitrogens with one attached hydrogen (secondary N) is 11. The number of aromatic amines is 1. The number of aromatic nitrogens is 1. The minimum atomic E-state index is -1.57. The van der Waals surface area contributed by atoms with Crippen molar-refractivity contribution < 1.29 is 72.5 Å². The summed E-state index contributed by atoms with van der Waals surface area (Å²) in [7, 11) is 0. The van der Waals surface area contributed by atoms with E-state index in [9.17, 15) is 72.5 Å². The van der Waals surface area contributed by atoms with Crippen LogP contribution in [0.4, 0.5) is 10.5 Å². The number of carbonyl (C=O) groups is 13. The van der Waals surface area contributed by atoms with Crippen molar-refractivity contribution in [2.75, 3.05) is 50.4 Å². The van der Waals surface area contributed by atoms with Crippen LogP contribution in [-0.2, 0) is 64.1 Å². The van der Waals surface area contributed by atoms with Gasteiger partial charge in [0.15, 0.2) is 0 Å². The van der Waals surface area contributed by atoms with Crippen LogP contribution in [0.2, 0.25) is 0 Å². The molecule has 13 N–H and O–H groups in total. The number of benzene rings is 2. The van der Waals surface area contributed by atoms with E-state index >= 15 is 0 Å². The lowest BCUT2D eigenvalue weighted by molar-refractivity contribution is -0.147. The summed E-state index contributed by atoms with van der Waals surface area (Å²) >= 11 is 1.19. The van der Waals surface area contributed by atoms with Crippen molar-refractivity contribution in [3.8, 4) is 0 Å². The molecule has 2 aromatic carbocycles. The summed E-state index contributed by atoms with van der Waals surface area (Å²) in [5.74, 6) is -11.3. The topological polar surface area (TPSA) is 405 Å². The molecule has 3 aliphatic rings. The number of para-hydroxylation sites is 1. The molecule has 0 saturated carbocycles. The molecule has 2 saturated heterocycles. The molecular weight excluding hydrogens is 1130 g/mol. The Morgan fingerprint density at radius 3 is 2.13 bits per heavy atom. The van der Waals surface area contributed by atoms with Crippen LogP contribution in [-0.4, -0.2) is 183 Å². The summed E-state index contributed by atoms with van der Waals surface area (Å²) in [5.41, 5.74) is 2.53. The molecule has 3 aromatic rings. The third-order valence-corrected chi connectivity index (χ3v) is 16.2. The lowest BCUT2D eigenvalue weighted by atomic mass is 9.80. The first-order valence-electron chi connectivity index (χ1n) is 27.8. The van der Waals surface area contributed by atoms with Gasteiger partial charge in [-0.05, 0) is 67.9 Å². The Hall–Kier alpha value is -8.70. The van der Waals surface area contributed by atoms with Crippen LogP contribution in [0.1, 0.15) is 70.9 Å². The zero-order valence-corrected chi connectivity index (χ0v) is 48.5. The SMILES string of the molecule is CC[C@H](C)[C@@H]1NC(=O)NC(=O)CNC(=O)[C@H]([C@@H](C)[C@@H](O)CO)CC2CCN2C(=O)[C@H](CC(=O)NCc2ccc(NC(=O)[C@H](C)NC(=O)CNC(=O)CCN3C(=O)C=CC3=O)cc2)NC(=O)[C@H](CSc2[nH]c3ccccc3c2C)NC(=O)CNC1=O. The largest absolute Gasteiger partial charge is 0.394 e. The van der Waals surface area contributed by atoms with Gasteiger partial charge in [0.25, 0.3) is 11.8 Å². The Morgan fingerprint density at radius 1 is 0.788 bits per heavy atom. The number of carbonyl (C=O) groups excluding carboxylic acids is 13. The van der Waals surface area contributed by atoms with Crippen LogP contribution in [0.25, 0.3) is 10.9 Å². The van der Waals surface area contributed by atoms with Crippen LogP contribution in [0.15, 0.2) is 65.7 Å². The van der Waals surface area contributed by atoms with Gasteiger partial charge in [-0.25, -0.2) is 4.79 Å². The molecule has 28 nitrogen and oxygen atoms in total. The molecule has 85 heavy (non-hydrogen) atoms. The monoisotopic (exact) mass is 1200 g/mol. The van der Waals surface area contributed by atoms with Crippen LogP contribution < -0.4 is 53.2 Å². The fourth-order valence-electron chi connectivity index (χ4n) is 9.46. The number of H-pyrrole nitrogens is 1. The van der Waals surface area contributed by atoms with Crippen molar-refractivity contribution in [3.63, 3.8) is 0 Å². The predicted molar refractivity (Wildman–Crippen MR) is 307 cm³/mol. The molecule has 29 heteroatoms. The molecule has 1 aromatic heterocycles. The highest BCUT2D eigenvalue weighted by atomic mass is 32.2. The number of aliphatic hydroxyl groups is 2. The first-order valence-corrected chi connectivity index (χ1v) is 28.8. The number of anilines is 1. The number of imide groups is 2. The third kappa shape index (κ3) is 18.4. The van der Waals surface area contributed by atoms with Gasteiger partial charge in [0.1, 0.15) is 24.2 Å². The molecule has 0 bridgehead atoms. The highest BCUT2D eigenvalue weighted by Gasteiger charge is 2.42. The first kappa shape index (κ1) is 65.5. The molecule has 9 atom stereocenters. The summed E-state index contributed by atoms with van der Waals surface area (Å²) in [6.45, 7) is 5.46. The number of amides is 14. The van der Waals surface area contributed by atoms with Gasteiger partial charge in [-0.2, -0.15) is 0 Å². The molecule has 4 heterocycles. The Kier molecular flexibility index (Phi) is 23.7. The van der Waals surface area contributed by atoms with Gasteiger partial charge in [-0.1, -0.05) is 57.5 Å². The zero-order valence-electron chi connectivity index (χ0n) is 47.7. The average Bonchev–Trinajstić information content (AvgIpc) is 3.18. The lowest BCUT2D eigenvalue weighted by Crippen LogP contribution is -2.62. The quantitative estimate of drug-likeness (QED) is 0.0439. The number of rotatable bonds is 20. The summed E-state index contributed by atoms with van der Waals surface area (Å²) in [6, 6.07) is 6.68. The van der Waals surface area contributed by atoms with E-state index in [1.165, 1.54) is 42.6 Å². The molecule has 0 spiro atoms. The standard InChI is InChI=1S/C56H73N13O15S/c1-6-29(2)49-53(82)60-25-45(75)63-40(28-85-54-31(4)36-9-7-8-10-38(36)65-54)52(81)64-39(55(83)68-19-17-35(68)21-37(30(3)41(71)27-70)51(80)59-26-46(76)66-56(84)67-49)22-43(73)57-23-33-11-13-34(14-12-33)62-50(79)32(5)61-44(74)24-58-42(72)18-20-69-47(77)15-16-48(69)78/h7-16,29-30,32,35,37,39-41,49,65,70-71H,6,17-28H2,1-5H3,(H,57,73)(H,58,72)(H,59,80)(H,60,82)(H,61,74)(H,62,79)(H,63,75)(H,64,81)(H2,66,67,76,84)/t29-,30+,32-,35?,37-,39-,40-,41-,49-/m0/s1. The summed E-state index contributed by atoms with van der Waals surface area (Å²) in [5, 5.41) is 47.2. The van der Waals surface area contributed by atoms with Gasteiger partial charge in [-0.3, -0.25) is 67.8 Å². The van der Waals surface area contributed by atoms with Crippen LogP contribution >= 0.6 is 11.8 Å². The van der Waals surface area contributed by atoms with Gasteiger partial charge in [-0.15, -0.1) is 11.8 Å². The van der Waals surface area contributed by atoms with Gasteiger partial charge < -0.3 is 67.9 Å². The summed E-state index contributed by atoms with van der Waals surface area (Å²) < 4.78 is 0. The number of aliphatic hydroxyl groups excluding tert-OH is 2. The van der Waals surface area contributed by atoms with Crippen LogP contribution in [0, 0.1) is 24.7 Å². The fraction of sp³-hybridized carbons (Fsp3) is 0.482. The Labute approximate surface area is 493 Å². The number of thioether (sulfide) groups is 1. The number of nitrogens with zero attached hydrogens (tertiary/aromatic N) is 2. The lowest BCUT2D eigenvalue weighted by Gasteiger charge is -2.45. The molecule has 14 amide bonds. The first-order chi connectivity index (χ1) is 40.5. The Morgan fingerprint density at radius 2 is 1.47 bits per heavy atom. The van der Waals surface area contributed by atoms with E-state index < -0.39 is 164 Å². The van der Waals surface area contributed by atoms with Crippen molar-refractivity contribution in [1.82, 2.24) is 62.6 Å². The summed E-state index contributed by atoms with van der Waals surface area (Å²) in [6.07, 6.45) is 0.515. The van der Waals surface area contributed by atoms with Crippen molar-refractivity contribution in [3.05, 3.63) is 71.8 Å². The maximum absolute atomic E-state index is 14.8. The van der Waals surface area contributed by atoms with Gasteiger partial charge in [0, 0.05) is 72.5 Å². The number of aryl methyl sites for hydroxylation is 1. The van der Waals surface area contributed by atoms with E-state index in [0.717, 1.165) is 33.5 Å². The normalized spacial score (nSPS) is 21.6. The maximum Gasteiger partial charge on any atom is 0.322 e. The minimum Gasteiger partial charge on any atom is -0.394 e. The van der Waals surface area contributed by atoms with E-state index in [1.54, 1.807) is 26.0 Å². The third-order valence-electron chi connectivity index (χ3n) is 15.0. The number of hydrogen-bond donors (Lipinski definition) is 13. The molecule has 1 unspecified atom stereocenters. The van der Waals surface area contributed by atoms with Crippen molar-refractivity contribution in [1.29, 1.82) is 0 Å². The Balaban J connectivity index is 1.17. The average molecular weight is 1200 g/mol. The van der Waals surface area contributed by atoms with Crippen LogP contribution in [0.5, 0.6) is 0 Å². The smallest absolute Gasteiger partial charge is 0.322 e. The fourth-order valence-corrected chi connectivity index (χ4v) is 10.5. The zero-order chi connectivity index (χ0) is 62.1. The maximum atomic E-state index is 14.8. The minimum absolute atomic E-state index is 0.0969. The van der Waals surface area contributed by atoms with E-state index in [-0.39, 0.29) is 38.2 Å². The van der Waals surface area contributed by atoms with Gasteiger partial charge in [0.2, 0.25) is 59.1 Å². The van der Waals surface area contributed by atoms with E-state index in [0.29, 0.717) is 29.1 Å². The van der Waals surface area contributed by atoms with Gasteiger partial charge in [0.05, 0.1) is 43.8 Å². The van der Waals surface area contributed by atoms with Crippen molar-refractivity contribution >= 4 is 105 Å². The number of hydrogen-bond acceptors (Lipinski definition) is 16. The summed E-state index contributed by atoms with van der Waals surface area (Å²) in [4.78, 5) is 177. The van der Waals surface area contributed by atoms with Crippen molar-refractivity contribution in [2.24, 2.45) is 17.8 Å². The van der Waals surface area contributed by atoms with Crippen LogP contribution in [0.3, 0.4) is 0 Å². The van der Waals surface area contributed by atoms with Crippen molar-refractivity contribution in [2.45, 2.75) is 115 Å². The molecule has 6 rings (SSSR count). The second-order valence-electron chi connectivity index (χ2n) is 21.0. The van der Waals surface area contributed by atoms with E-state index in [1.807, 2.05) is 31.2 Å². The predicted octanol–water partition coefficient (Wildman–Crippen LogP) is -1.80. The molecule has 0 aliphatic carbocycles. The highest BCUT2D eigenvalue weighted by molar-refractivity contribution is 7.99. The number of fused-ring (bicyclic) bond motifs is 2. The molecule has 2 fully saturated rings. The molecule has 0 radical (unpaired) electrons. The second kappa shape index (κ2) is 30.7. The van der Waals surface area contributed by atoms with E-state index in [4.69, 9.17) is 0 Å². The van der Waals surface area contributed by atoms with E-state index in [2.05, 4.69) is 58.2 Å². The molecule has 458 valence electrons. The highest BCUT2D eigenvalue weighted by Crippen LogP contribution is 2.32.